The van der Waals surface area contributed by atoms with Crippen molar-refractivity contribution in [3.05, 3.63) is 99.0 Å². The monoisotopic (exact) mass is 529 g/mol. The van der Waals surface area contributed by atoms with Crippen LogP contribution in [0.2, 0.25) is 0 Å². The van der Waals surface area contributed by atoms with Gasteiger partial charge in [-0.05, 0) is 54.6 Å². The molecule has 1 N–H and O–H groups in total. The Labute approximate surface area is 224 Å². The van der Waals surface area contributed by atoms with Crippen LogP contribution in [-0.4, -0.2) is 31.8 Å². The van der Waals surface area contributed by atoms with Crippen LogP contribution in [0.3, 0.4) is 0 Å². The summed E-state index contributed by atoms with van der Waals surface area (Å²) in [6.45, 7) is 2.31. The fourth-order valence-corrected chi connectivity index (χ4v) is 6.18. The van der Waals surface area contributed by atoms with E-state index in [-0.39, 0.29) is 31.7 Å². The number of thiophene rings is 1. The molecule has 1 aromatic heterocycles. The number of rotatable bonds is 7. The van der Waals surface area contributed by atoms with E-state index in [0.717, 1.165) is 11.3 Å². The Bertz CT molecular complexity index is 1430. The van der Waals surface area contributed by atoms with Crippen molar-refractivity contribution >= 4 is 23.1 Å². The maximum Gasteiger partial charge on any atom is 0.336 e. The predicted molar refractivity (Wildman–Crippen MR) is 142 cm³/mol. The lowest BCUT2D eigenvalue weighted by Crippen LogP contribution is -2.36. The van der Waals surface area contributed by atoms with Gasteiger partial charge in [-0.15, -0.1) is 11.3 Å². The fourth-order valence-electron chi connectivity index (χ4n) is 5.35. The standard InChI is InChI=1S/C30H27NO6S/c1-18-27(30(33)35-12-11-34-21-6-3-2-4-7-21)28(19-9-10-24-25(16-19)37-17-36-24)29-22(31-18)14-20(15-23(29)32)26-8-5-13-38-26/h2-10,13,16,20,28,31H,11-12,14-15,17H2,1H3/t20-,28+/m0/s1. The molecule has 38 heavy (non-hydrogen) atoms. The van der Waals surface area contributed by atoms with Crippen LogP contribution < -0.4 is 19.5 Å². The van der Waals surface area contributed by atoms with Crippen molar-refractivity contribution in [2.75, 3.05) is 20.0 Å². The molecule has 0 radical (unpaired) electrons. The van der Waals surface area contributed by atoms with Crippen molar-refractivity contribution in [2.24, 2.45) is 0 Å². The van der Waals surface area contributed by atoms with Crippen LogP contribution in [0.25, 0.3) is 0 Å². The quantitative estimate of drug-likeness (QED) is 0.321. The van der Waals surface area contributed by atoms with Gasteiger partial charge < -0.3 is 24.3 Å². The maximum atomic E-state index is 13.7. The van der Waals surface area contributed by atoms with Gasteiger partial charge in [0.25, 0.3) is 0 Å². The number of esters is 1. The Morgan fingerprint density at radius 3 is 2.68 bits per heavy atom. The van der Waals surface area contributed by atoms with Gasteiger partial charge in [0, 0.05) is 40.1 Å². The summed E-state index contributed by atoms with van der Waals surface area (Å²) in [7, 11) is 0. The number of hydrogen-bond donors (Lipinski definition) is 1. The van der Waals surface area contributed by atoms with Crippen molar-refractivity contribution < 1.29 is 28.5 Å². The number of nitrogens with one attached hydrogen (secondary N) is 1. The Kier molecular flexibility index (Phi) is 6.64. The Balaban J connectivity index is 1.29. The van der Waals surface area contributed by atoms with Crippen LogP contribution >= 0.6 is 11.3 Å². The highest BCUT2D eigenvalue weighted by Crippen LogP contribution is 2.47. The van der Waals surface area contributed by atoms with Gasteiger partial charge in [-0.3, -0.25) is 4.79 Å². The molecule has 0 saturated heterocycles. The van der Waals surface area contributed by atoms with E-state index in [0.29, 0.717) is 46.9 Å². The average molecular weight is 530 g/mol. The number of ether oxygens (including phenoxy) is 4. The number of allylic oxidation sites excluding steroid dienone is 3. The molecular weight excluding hydrogens is 502 g/mol. The second-order valence-electron chi connectivity index (χ2n) is 9.44. The molecule has 0 fully saturated rings. The molecule has 3 heterocycles. The molecule has 0 saturated carbocycles. The van der Waals surface area contributed by atoms with Crippen LogP contribution in [0.15, 0.2) is 88.6 Å². The molecule has 8 heteroatoms. The number of fused-ring (bicyclic) bond motifs is 1. The smallest absolute Gasteiger partial charge is 0.336 e. The van der Waals surface area contributed by atoms with Gasteiger partial charge in [-0.1, -0.05) is 30.3 Å². The van der Waals surface area contributed by atoms with Gasteiger partial charge in [0.2, 0.25) is 6.79 Å². The molecular formula is C30H27NO6S. The first-order valence-corrected chi connectivity index (χ1v) is 13.5. The summed E-state index contributed by atoms with van der Waals surface area (Å²) < 4.78 is 22.5. The van der Waals surface area contributed by atoms with Gasteiger partial charge in [-0.25, -0.2) is 4.79 Å². The number of carbonyl (C=O) groups is 2. The first-order chi connectivity index (χ1) is 18.6. The van der Waals surface area contributed by atoms with Gasteiger partial charge in [0.1, 0.15) is 19.0 Å². The summed E-state index contributed by atoms with van der Waals surface area (Å²) >= 11 is 1.67. The van der Waals surface area contributed by atoms with E-state index in [4.69, 9.17) is 18.9 Å². The Hall–Kier alpha value is -4.04. The number of para-hydroxylation sites is 1. The molecule has 2 aromatic carbocycles. The third-order valence-corrected chi connectivity index (χ3v) is 8.09. The SMILES string of the molecule is CC1=C(C(=O)OCCOc2ccccc2)[C@@H](c2ccc3c(c2)OCO3)C2=C(C[C@H](c3cccs3)CC2=O)N1. The van der Waals surface area contributed by atoms with Crippen molar-refractivity contribution in [3.63, 3.8) is 0 Å². The van der Waals surface area contributed by atoms with Crippen molar-refractivity contribution in [2.45, 2.75) is 31.6 Å². The van der Waals surface area contributed by atoms with E-state index in [1.54, 1.807) is 11.3 Å². The van der Waals surface area contributed by atoms with Crippen molar-refractivity contribution in [1.82, 2.24) is 5.32 Å². The van der Waals surface area contributed by atoms with E-state index in [1.807, 2.05) is 66.9 Å². The number of dihydropyridines is 1. The highest BCUT2D eigenvalue weighted by atomic mass is 32.1. The Morgan fingerprint density at radius 1 is 1.03 bits per heavy atom. The summed E-state index contributed by atoms with van der Waals surface area (Å²) in [6.07, 6.45) is 1.10. The third-order valence-electron chi connectivity index (χ3n) is 7.05. The summed E-state index contributed by atoms with van der Waals surface area (Å²) in [5.41, 5.74) is 3.38. The lowest BCUT2D eigenvalue weighted by Gasteiger charge is -2.36. The molecule has 0 amide bonds. The van der Waals surface area contributed by atoms with Gasteiger partial charge >= 0.3 is 5.97 Å². The molecule has 2 aliphatic heterocycles. The van der Waals surface area contributed by atoms with E-state index in [2.05, 4.69) is 11.4 Å². The number of hydrogen-bond acceptors (Lipinski definition) is 8. The van der Waals surface area contributed by atoms with Crippen LogP contribution in [-0.2, 0) is 14.3 Å². The van der Waals surface area contributed by atoms with Crippen LogP contribution in [0.1, 0.15) is 42.0 Å². The maximum absolute atomic E-state index is 13.7. The number of benzene rings is 2. The van der Waals surface area contributed by atoms with Crippen molar-refractivity contribution in [3.8, 4) is 17.2 Å². The lowest BCUT2D eigenvalue weighted by atomic mass is 9.72. The first kappa shape index (κ1) is 24.3. The minimum Gasteiger partial charge on any atom is -0.490 e. The zero-order chi connectivity index (χ0) is 26.1. The minimum atomic E-state index is -0.569. The van der Waals surface area contributed by atoms with Crippen molar-refractivity contribution in [1.29, 1.82) is 0 Å². The third kappa shape index (κ3) is 4.67. The van der Waals surface area contributed by atoms with E-state index >= 15 is 0 Å². The molecule has 0 spiro atoms. The molecule has 2 atom stereocenters. The molecule has 0 unspecified atom stereocenters. The van der Waals surface area contributed by atoms with Crippen LogP contribution in [0, 0.1) is 0 Å². The zero-order valence-corrected chi connectivity index (χ0v) is 21.7. The van der Waals surface area contributed by atoms with Gasteiger partial charge in [-0.2, -0.15) is 0 Å². The predicted octanol–water partition coefficient (Wildman–Crippen LogP) is 5.46. The normalized spacial score (nSPS) is 20.2. The molecule has 3 aliphatic rings. The molecule has 194 valence electrons. The number of carbonyl (C=O) groups excluding carboxylic acids is 2. The summed E-state index contributed by atoms with van der Waals surface area (Å²) in [5, 5.41) is 5.43. The summed E-state index contributed by atoms with van der Waals surface area (Å²) in [6, 6.07) is 19.0. The first-order valence-electron chi connectivity index (χ1n) is 12.6. The molecule has 3 aromatic rings. The molecule has 1 aliphatic carbocycles. The van der Waals surface area contributed by atoms with E-state index in [1.165, 1.54) is 4.88 Å². The van der Waals surface area contributed by atoms with Gasteiger partial charge in [0.15, 0.2) is 17.3 Å². The minimum absolute atomic E-state index is 0.0324. The second-order valence-corrected chi connectivity index (χ2v) is 10.4. The largest absolute Gasteiger partial charge is 0.490 e. The van der Waals surface area contributed by atoms with Crippen LogP contribution in [0.4, 0.5) is 0 Å². The Morgan fingerprint density at radius 2 is 1.87 bits per heavy atom. The fraction of sp³-hybridized carbons (Fsp3) is 0.267. The highest BCUT2D eigenvalue weighted by Gasteiger charge is 2.42. The van der Waals surface area contributed by atoms with Crippen LogP contribution in [0.5, 0.6) is 17.2 Å². The van der Waals surface area contributed by atoms with E-state index in [9.17, 15) is 9.59 Å². The topological polar surface area (TPSA) is 83.1 Å². The second kappa shape index (κ2) is 10.4. The lowest BCUT2D eigenvalue weighted by molar-refractivity contribution is -0.140. The summed E-state index contributed by atoms with van der Waals surface area (Å²) in [5.74, 6) is 1.05. The molecule has 7 nitrogen and oxygen atoms in total. The number of ketones is 1. The van der Waals surface area contributed by atoms with E-state index < -0.39 is 11.9 Å². The average Bonchev–Trinajstić information content (AvgIpc) is 3.63. The summed E-state index contributed by atoms with van der Waals surface area (Å²) in [4.78, 5) is 28.4. The zero-order valence-electron chi connectivity index (χ0n) is 20.9. The number of Topliss-reactive ketones (excluding diaryl/α,β-unsaturated/α-hetero) is 1. The highest BCUT2D eigenvalue weighted by molar-refractivity contribution is 7.10. The molecule has 6 rings (SSSR count). The van der Waals surface area contributed by atoms with Gasteiger partial charge in [0.05, 0.1) is 5.57 Å². The molecule has 0 bridgehead atoms.